The van der Waals surface area contributed by atoms with Crippen molar-refractivity contribution in [3.8, 4) is 0 Å². The molecule has 0 radical (unpaired) electrons. The summed E-state index contributed by atoms with van der Waals surface area (Å²) in [5.74, 6) is 0.617. The Morgan fingerprint density at radius 3 is 2.79 bits per heavy atom. The summed E-state index contributed by atoms with van der Waals surface area (Å²) in [6.07, 6.45) is 3.53. The molecule has 0 aliphatic rings. The van der Waals surface area contributed by atoms with E-state index in [1.54, 1.807) is 6.20 Å². The molecule has 1 rings (SSSR count). The average molecular weight is 289 g/mol. The highest BCUT2D eigenvalue weighted by atomic mass is 32.2. The van der Waals surface area contributed by atoms with Crippen LogP contribution >= 0.6 is 0 Å². The molecule has 1 atom stereocenters. The van der Waals surface area contributed by atoms with Gasteiger partial charge in [-0.1, -0.05) is 6.92 Å². The molecular formula is C11H19N3O4S. The maximum atomic E-state index is 11.6. The SMILES string of the molecule is CCc1cnc(CNC(=O)C(N)CCS(C)(=O)=O)o1. The van der Waals surface area contributed by atoms with Crippen molar-refractivity contribution in [2.45, 2.75) is 32.4 Å². The van der Waals surface area contributed by atoms with Crippen LogP contribution in [0, 0.1) is 0 Å². The molecule has 0 aromatic carbocycles. The minimum absolute atomic E-state index is 0.0937. The second-order valence-corrected chi connectivity index (χ2v) is 6.58. The molecule has 19 heavy (non-hydrogen) atoms. The quantitative estimate of drug-likeness (QED) is 0.706. The lowest BCUT2D eigenvalue weighted by Gasteiger charge is -2.10. The van der Waals surface area contributed by atoms with Gasteiger partial charge in [-0.2, -0.15) is 0 Å². The normalized spacial score (nSPS) is 13.2. The van der Waals surface area contributed by atoms with Crippen LogP contribution in [0.1, 0.15) is 25.0 Å². The standard InChI is InChI=1S/C11H19N3O4S/c1-3-8-6-13-10(18-8)7-14-11(15)9(12)4-5-19(2,16)17/h6,9H,3-5,7,12H2,1-2H3,(H,14,15). The Hall–Kier alpha value is -1.41. The van der Waals surface area contributed by atoms with Crippen LogP contribution in [0.25, 0.3) is 0 Å². The molecule has 1 aromatic heterocycles. The molecular weight excluding hydrogens is 270 g/mol. The molecule has 0 bridgehead atoms. The maximum Gasteiger partial charge on any atom is 0.237 e. The lowest BCUT2D eigenvalue weighted by Crippen LogP contribution is -2.41. The zero-order valence-electron chi connectivity index (χ0n) is 11.0. The third-order valence-electron chi connectivity index (χ3n) is 2.50. The summed E-state index contributed by atoms with van der Waals surface area (Å²) in [6.45, 7) is 2.08. The number of aromatic nitrogens is 1. The van der Waals surface area contributed by atoms with Crippen LogP contribution in [0.3, 0.4) is 0 Å². The molecule has 108 valence electrons. The van der Waals surface area contributed by atoms with E-state index in [2.05, 4.69) is 10.3 Å². The maximum absolute atomic E-state index is 11.6. The predicted octanol–water partition coefficient (Wildman–Crippen LogP) is -0.385. The number of rotatable bonds is 7. The van der Waals surface area contributed by atoms with Crippen LogP contribution in [-0.4, -0.2) is 37.4 Å². The molecule has 7 nitrogen and oxygen atoms in total. The van der Waals surface area contributed by atoms with Gasteiger partial charge in [0.1, 0.15) is 15.6 Å². The number of amides is 1. The van der Waals surface area contributed by atoms with Gasteiger partial charge in [-0.3, -0.25) is 4.79 Å². The minimum Gasteiger partial charge on any atom is -0.444 e. The van der Waals surface area contributed by atoms with Crippen LogP contribution < -0.4 is 11.1 Å². The van der Waals surface area contributed by atoms with Gasteiger partial charge < -0.3 is 15.5 Å². The van der Waals surface area contributed by atoms with E-state index in [4.69, 9.17) is 10.2 Å². The Balaban J connectivity index is 2.38. The summed E-state index contributed by atoms with van der Waals surface area (Å²) in [7, 11) is -3.11. The topological polar surface area (TPSA) is 115 Å². The first kappa shape index (κ1) is 15.6. The molecule has 0 saturated carbocycles. The van der Waals surface area contributed by atoms with E-state index >= 15 is 0 Å². The van der Waals surface area contributed by atoms with Gasteiger partial charge in [0.2, 0.25) is 11.8 Å². The minimum atomic E-state index is -3.11. The van der Waals surface area contributed by atoms with E-state index in [0.29, 0.717) is 5.89 Å². The van der Waals surface area contributed by atoms with E-state index in [0.717, 1.165) is 18.4 Å². The van der Waals surface area contributed by atoms with Crippen molar-refractivity contribution in [2.24, 2.45) is 5.73 Å². The van der Waals surface area contributed by atoms with Crippen molar-refractivity contribution in [1.82, 2.24) is 10.3 Å². The summed E-state index contributed by atoms with van der Waals surface area (Å²) in [5.41, 5.74) is 5.59. The largest absolute Gasteiger partial charge is 0.444 e. The molecule has 1 heterocycles. The van der Waals surface area contributed by atoms with Gasteiger partial charge in [0.15, 0.2) is 0 Å². The van der Waals surface area contributed by atoms with Gasteiger partial charge >= 0.3 is 0 Å². The van der Waals surface area contributed by atoms with Crippen molar-refractivity contribution >= 4 is 15.7 Å². The number of hydrogen-bond donors (Lipinski definition) is 2. The highest BCUT2D eigenvalue weighted by Crippen LogP contribution is 2.03. The predicted molar refractivity (Wildman–Crippen MR) is 70.0 cm³/mol. The van der Waals surface area contributed by atoms with Crippen LogP contribution in [0.15, 0.2) is 10.6 Å². The Morgan fingerprint density at radius 2 is 2.26 bits per heavy atom. The second kappa shape index (κ2) is 6.67. The number of carbonyl (C=O) groups excluding carboxylic acids is 1. The smallest absolute Gasteiger partial charge is 0.237 e. The molecule has 3 N–H and O–H groups in total. The average Bonchev–Trinajstić information content (AvgIpc) is 2.80. The molecule has 0 fully saturated rings. The van der Waals surface area contributed by atoms with Crippen molar-refractivity contribution in [1.29, 1.82) is 0 Å². The zero-order valence-corrected chi connectivity index (χ0v) is 11.9. The van der Waals surface area contributed by atoms with Crippen LogP contribution in [0.2, 0.25) is 0 Å². The molecule has 0 spiro atoms. The first-order valence-electron chi connectivity index (χ1n) is 5.96. The van der Waals surface area contributed by atoms with Crippen LogP contribution in [0.4, 0.5) is 0 Å². The number of oxazole rings is 1. The van der Waals surface area contributed by atoms with Crippen LogP contribution in [-0.2, 0) is 27.6 Å². The molecule has 0 saturated heterocycles. The van der Waals surface area contributed by atoms with Crippen LogP contribution in [0.5, 0.6) is 0 Å². The Kier molecular flexibility index (Phi) is 5.49. The highest BCUT2D eigenvalue weighted by Gasteiger charge is 2.16. The Morgan fingerprint density at radius 1 is 1.58 bits per heavy atom. The summed E-state index contributed by atoms with van der Waals surface area (Å²) in [5, 5.41) is 2.56. The molecule has 1 amide bonds. The third kappa shape index (κ3) is 5.84. The van der Waals surface area contributed by atoms with Crippen molar-refractivity contribution in [3.05, 3.63) is 17.8 Å². The third-order valence-corrected chi connectivity index (χ3v) is 3.48. The molecule has 8 heteroatoms. The Bertz CT molecular complexity index is 524. The fourth-order valence-electron chi connectivity index (χ4n) is 1.36. The summed E-state index contributed by atoms with van der Waals surface area (Å²) in [4.78, 5) is 15.6. The van der Waals surface area contributed by atoms with Gasteiger partial charge in [0, 0.05) is 12.7 Å². The second-order valence-electron chi connectivity index (χ2n) is 4.32. The van der Waals surface area contributed by atoms with Crippen molar-refractivity contribution in [3.63, 3.8) is 0 Å². The number of sulfone groups is 1. The number of nitrogens with two attached hydrogens (primary N) is 1. The monoisotopic (exact) mass is 289 g/mol. The fraction of sp³-hybridized carbons (Fsp3) is 0.636. The fourth-order valence-corrected chi connectivity index (χ4v) is 2.04. The number of nitrogens with one attached hydrogen (secondary N) is 1. The molecule has 0 aliphatic heterocycles. The number of aryl methyl sites for hydroxylation is 1. The summed E-state index contributed by atoms with van der Waals surface area (Å²) >= 11 is 0. The van der Waals surface area contributed by atoms with Gasteiger partial charge in [-0.05, 0) is 6.42 Å². The van der Waals surface area contributed by atoms with E-state index in [1.165, 1.54) is 0 Å². The summed E-state index contributed by atoms with van der Waals surface area (Å²) < 4.78 is 27.2. The lowest BCUT2D eigenvalue weighted by molar-refractivity contribution is -0.122. The van der Waals surface area contributed by atoms with Gasteiger partial charge in [-0.15, -0.1) is 0 Å². The lowest BCUT2D eigenvalue weighted by atomic mass is 10.2. The van der Waals surface area contributed by atoms with Crippen molar-refractivity contribution in [2.75, 3.05) is 12.0 Å². The highest BCUT2D eigenvalue weighted by molar-refractivity contribution is 7.90. The van der Waals surface area contributed by atoms with Gasteiger partial charge in [0.25, 0.3) is 0 Å². The van der Waals surface area contributed by atoms with E-state index in [1.807, 2.05) is 6.92 Å². The molecule has 1 aromatic rings. The molecule has 1 unspecified atom stereocenters. The first-order chi connectivity index (χ1) is 8.81. The number of hydrogen-bond acceptors (Lipinski definition) is 6. The Labute approximate surface area is 112 Å². The number of nitrogens with zero attached hydrogens (tertiary/aromatic N) is 1. The van der Waals surface area contributed by atoms with E-state index in [9.17, 15) is 13.2 Å². The zero-order chi connectivity index (χ0) is 14.5. The molecule has 0 aliphatic carbocycles. The van der Waals surface area contributed by atoms with Crippen molar-refractivity contribution < 1.29 is 17.6 Å². The number of carbonyl (C=O) groups is 1. The van der Waals surface area contributed by atoms with Gasteiger partial charge in [-0.25, -0.2) is 13.4 Å². The van der Waals surface area contributed by atoms with E-state index in [-0.39, 0.29) is 18.7 Å². The van der Waals surface area contributed by atoms with Gasteiger partial charge in [0.05, 0.1) is 24.5 Å². The summed E-state index contributed by atoms with van der Waals surface area (Å²) in [6, 6.07) is -0.852. The first-order valence-corrected chi connectivity index (χ1v) is 8.02. The van der Waals surface area contributed by atoms with E-state index < -0.39 is 21.8 Å².